The number of carboxylic acids is 1. The van der Waals surface area contributed by atoms with Gasteiger partial charge >= 0.3 is 11.7 Å². The van der Waals surface area contributed by atoms with E-state index in [1.807, 2.05) is 0 Å². The van der Waals surface area contributed by atoms with Gasteiger partial charge in [-0.2, -0.15) is 0 Å². The second kappa shape index (κ2) is 5.59. The van der Waals surface area contributed by atoms with E-state index in [-0.39, 0.29) is 12.8 Å². The lowest BCUT2D eigenvalue weighted by atomic mass is 10.0. The van der Waals surface area contributed by atoms with Crippen LogP contribution in [0.25, 0.3) is 0 Å². The molecule has 4 N–H and O–H groups in total. The third-order valence-corrected chi connectivity index (χ3v) is 4.15. The molecule has 1 aromatic rings. The van der Waals surface area contributed by atoms with E-state index in [1.165, 1.54) is 13.8 Å². The molecule has 0 bridgehead atoms. The molecule has 0 aliphatic heterocycles. The quantitative estimate of drug-likeness (QED) is 0.528. The SMILES string of the molecule is CC(C)(CCC(=O)O)NS(=O)(=O)c1c[nH]c(=O)[nH]c1=O. The fourth-order valence-corrected chi connectivity index (χ4v) is 2.93. The van der Waals surface area contributed by atoms with Gasteiger partial charge in [0.15, 0.2) is 4.90 Å². The lowest BCUT2D eigenvalue weighted by Gasteiger charge is -2.24. The topological polar surface area (TPSA) is 149 Å². The molecular formula is C10H15N3O6S. The summed E-state index contributed by atoms with van der Waals surface area (Å²) in [6.45, 7) is 2.99. The number of hydrogen-bond donors (Lipinski definition) is 4. The Labute approximate surface area is 114 Å². The Morgan fingerprint density at radius 3 is 2.50 bits per heavy atom. The number of aromatic amines is 2. The largest absolute Gasteiger partial charge is 0.481 e. The molecule has 0 amide bonds. The average molecular weight is 305 g/mol. The van der Waals surface area contributed by atoms with E-state index in [2.05, 4.69) is 9.71 Å². The molecule has 0 atom stereocenters. The number of carboxylic acid groups (broad SMARTS) is 1. The van der Waals surface area contributed by atoms with Gasteiger partial charge in [-0.15, -0.1) is 0 Å². The number of aliphatic carboxylic acids is 1. The van der Waals surface area contributed by atoms with Crippen molar-refractivity contribution in [1.29, 1.82) is 0 Å². The van der Waals surface area contributed by atoms with Crippen LogP contribution in [0.15, 0.2) is 20.7 Å². The predicted octanol–water partition coefficient (Wildman–Crippen LogP) is -1.02. The zero-order valence-corrected chi connectivity index (χ0v) is 11.7. The summed E-state index contributed by atoms with van der Waals surface area (Å²) in [6.07, 6.45) is 0.608. The normalized spacial score (nSPS) is 12.3. The smallest absolute Gasteiger partial charge is 0.325 e. The molecule has 0 aliphatic rings. The number of hydrogen-bond acceptors (Lipinski definition) is 5. The van der Waals surface area contributed by atoms with Crippen LogP contribution in [0.4, 0.5) is 0 Å². The number of sulfonamides is 1. The highest BCUT2D eigenvalue weighted by Gasteiger charge is 2.28. The summed E-state index contributed by atoms with van der Waals surface area (Å²) in [5.41, 5.74) is -2.92. The van der Waals surface area contributed by atoms with Crippen LogP contribution in [-0.4, -0.2) is 35.0 Å². The van der Waals surface area contributed by atoms with E-state index in [0.29, 0.717) is 0 Å². The summed E-state index contributed by atoms with van der Waals surface area (Å²) < 4.78 is 26.3. The highest BCUT2D eigenvalue weighted by atomic mass is 32.2. The Morgan fingerprint density at radius 1 is 1.40 bits per heavy atom. The minimum absolute atomic E-state index is 0.0445. The van der Waals surface area contributed by atoms with Gasteiger partial charge in [0.25, 0.3) is 5.56 Å². The Kier molecular flexibility index (Phi) is 4.50. The van der Waals surface area contributed by atoms with Crippen LogP contribution < -0.4 is 16.0 Å². The van der Waals surface area contributed by atoms with E-state index < -0.39 is 37.7 Å². The van der Waals surface area contributed by atoms with Gasteiger partial charge in [0, 0.05) is 18.2 Å². The van der Waals surface area contributed by atoms with Crippen LogP contribution in [0.2, 0.25) is 0 Å². The molecule has 0 aliphatic carbocycles. The Bertz CT molecular complexity index is 715. The summed E-state index contributed by atoms with van der Waals surface area (Å²) in [5, 5.41) is 8.59. The Morgan fingerprint density at radius 2 is 2.00 bits per heavy atom. The van der Waals surface area contributed by atoms with Crippen molar-refractivity contribution in [3.05, 3.63) is 27.0 Å². The summed E-state index contributed by atoms with van der Waals surface area (Å²) in [4.78, 5) is 36.0. The predicted molar refractivity (Wildman–Crippen MR) is 69.0 cm³/mol. The standard InChI is InChI=1S/C10H15N3O6S/c1-10(2,4-3-7(14)15)13-20(18,19)6-5-11-9(17)12-8(6)16/h5,13H,3-4H2,1-2H3,(H,14,15)(H2,11,12,16,17). The fraction of sp³-hybridized carbons (Fsp3) is 0.500. The molecule has 0 fully saturated rings. The van der Waals surface area contributed by atoms with E-state index in [0.717, 1.165) is 6.20 Å². The third kappa shape index (κ3) is 4.31. The molecule has 10 heteroatoms. The first-order valence-electron chi connectivity index (χ1n) is 5.61. The van der Waals surface area contributed by atoms with Crippen molar-refractivity contribution in [2.75, 3.05) is 0 Å². The molecule has 1 rings (SSSR count). The lowest BCUT2D eigenvalue weighted by Crippen LogP contribution is -2.45. The van der Waals surface area contributed by atoms with E-state index >= 15 is 0 Å². The average Bonchev–Trinajstić information content (AvgIpc) is 2.24. The zero-order chi connectivity index (χ0) is 15.6. The number of nitrogens with one attached hydrogen (secondary N) is 3. The highest BCUT2D eigenvalue weighted by Crippen LogP contribution is 2.14. The van der Waals surface area contributed by atoms with Crippen LogP contribution in [0.5, 0.6) is 0 Å². The Hall–Kier alpha value is -1.94. The highest BCUT2D eigenvalue weighted by molar-refractivity contribution is 7.89. The maximum Gasteiger partial charge on any atom is 0.325 e. The minimum atomic E-state index is -4.17. The first-order valence-corrected chi connectivity index (χ1v) is 7.10. The molecule has 0 aromatic carbocycles. The molecule has 1 heterocycles. The minimum Gasteiger partial charge on any atom is -0.481 e. The summed E-state index contributed by atoms with van der Waals surface area (Å²) >= 11 is 0. The monoisotopic (exact) mass is 305 g/mol. The first kappa shape index (κ1) is 16.1. The summed E-state index contributed by atoms with van der Waals surface area (Å²) in [6, 6.07) is 0. The van der Waals surface area contributed by atoms with Gasteiger partial charge in [0.2, 0.25) is 10.0 Å². The summed E-state index contributed by atoms with van der Waals surface area (Å²) in [5.74, 6) is -1.06. The van der Waals surface area contributed by atoms with Crippen LogP contribution in [0.3, 0.4) is 0 Å². The number of rotatable bonds is 6. The van der Waals surface area contributed by atoms with Crippen LogP contribution >= 0.6 is 0 Å². The van der Waals surface area contributed by atoms with Gasteiger partial charge < -0.3 is 10.1 Å². The zero-order valence-electron chi connectivity index (χ0n) is 10.9. The van der Waals surface area contributed by atoms with Crippen LogP contribution in [0, 0.1) is 0 Å². The molecule has 112 valence electrons. The molecule has 0 saturated heterocycles. The number of H-pyrrole nitrogens is 2. The number of aromatic nitrogens is 2. The van der Waals surface area contributed by atoms with Crippen molar-refractivity contribution < 1.29 is 18.3 Å². The van der Waals surface area contributed by atoms with Gasteiger partial charge in [-0.25, -0.2) is 17.9 Å². The lowest BCUT2D eigenvalue weighted by molar-refractivity contribution is -0.137. The third-order valence-electron chi connectivity index (χ3n) is 2.45. The van der Waals surface area contributed by atoms with Gasteiger partial charge in [0.1, 0.15) is 0 Å². The van der Waals surface area contributed by atoms with Crippen molar-refractivity contribution in [1.82, 2.24) is 14.7 Å². The molecule has 0 radical (unpaired) electrons. The molecule has 0 saturated carbocycles. The molecule has 1 aromatic heterocycles. The van der Waals surface area contributed by atoms with Crippen molar-refractivity contribution in [3.63, 3.8) is 0 Å². The van der Waals surface area contributed by atoms with Crippen molar-refractivity contribution >= 4 is 16.0 Å². The van der Waals surface area contributed by atoms with Gasteiger partial charge in [-0.1, -0.05) is 0 Å². The molecule has 20 heavy (non-hydrogen) atoms. The number of carbonyl (C=O) groups is 1. The molecular weight excluding hydrogens is 290 g/mol. The molecule has 0 unspecified atom stereocenters. The van der Waals surface area contributed by atoms with Crippen LogP contribution in [-0.2, 0) is 14.8 Å². The maximum atomic E-state index is 12.0. The van der Waals surface area contributed by atoms with Crippen molar-refractivity contribution in [2.24, 2.45) is 0 Å². The van der Waals surface area contributed by atoms with Crippen LogP contribution in [0.1, 0.15) is 26.7 Å². The van der Waals surface area contributed by atoms with Gasteiger partial charge in [-0.3, -0.25) is 14.6 Å². The summed E-state index contributed by atoms with van der Waals surface area (Å²) in [7, 11) is -4.17. The fourth-order valence-electron chi connectivity index (χ4n) is 1.49. The van der Waals surface area contributed by atoms with E-state index in [1.54, 1.807) is 4.98 Å². The second-order valence-electron chi connectivity index (χ2n) is 4.82. The van der Waals surface area contributed by atoms with Crippen molar-refractivity contribution in [2.45, 2.75) is 37.1 Å². The van der Waals surface area contributed by atoms with Gasteiger partial charge in [0.05, 0.1) is 0 Å². The molecule has 0 spiro atoms. The van der Waals surface area contributed by atoms with E-state index in [4.69, 9.17) is 5.11 Å². The van der Waals surface area contributed by atoms with E-state index in [9.17, 15) is 22.8 Å². The maximum absolute atomic E-state index is 12.0. The molecule has 9 nitrogen and oxygen atoms in total. The first-order chi connectivity index (χ1) is 9.03. The Balaban J connectivity index is 3.03. The van der Waals surface area contributed by atoms with Gasteiger partial charge in [-0.05, 0) is 20.3 Å². The van der Waals surface area contributed by atoms with Crippen molar-refractivity contribution in [3.8, 4) is 0 Å². The second-order valence-corrected chi connectivity index (χ2v) is 6.47.